The van der Waals surface area contributed by atoms with Gasteiger partial charge in [-0.1, -0.05) is 11.6 Å². The van der Waals surface area contributed by atoms with Gasteiger partial charge in [-0.2, -0.15) is 18.3 Å². The van der Waals surface area contributed by atoms with Gasteiger partial charge in [0, 0.05) is 18.8 Å². The first-order valence-electron chi connectivity index (χ1n) is 10.9. The van der Waals surface area contributed by atoms with Crippen molar-refractivity contribution in [3.63, 3.8) is 0 Å². The number of alkyl halides is 3. The van der Waals surface area contributed by atoms with E-state index in [4.69, 9.17) is 22.1 Å². The van der Waals surface area contributed by atoms with Crippen molar-refractivity contribution >= 4 is 45.6 Å². The molecule has 0 saturated heterocycles. The maximum Gasteiger partial charge on any atom is 0.433 e. The minimum atomic E-state index is -4.63. The highest BCUT2D eigenvalue weighted by atomic mass is 35.5. The standard InChI is InChI=1S/C23H16ClF3N8O2/c1-33-8-11(6-30-33)35(18-9-37-21-12(18)2-3-19(32-21)23(25,26)27)22(36)13-4-16-15(5-14(13)24)31-20(28)17-7-29-10-34(16)17/h2-8,10,18H,9H2,1H3,(H2,28,31)/t18-/m1/s1. The number of imidazole rings is 1. The Morgan fingerprint density at radius 2 is 2.03 bits per heavy atom. The summed E-state index contributed by atoms with van der Waals surface area (Å²) in [6.45, 7) is -0.112. The Labute approximate surface area is 211 Å². The number of hydrogen-bond acceptors (Lipinski definition) is 7. The molecule has 0 saturated carbocycles. The number of benzene rings is 1. The summed E-state index contributed by atoms with van der Waals surface area (Å²) in [5.41, 5.74) is 7.34. The highest BCUT2D eigenvalue weighted by molar-refractivity contribution is 6.35. The lowest BCUT2D eigenvalue weighted by molar-refractivity contribution is -0.141. The summed E-state index contributed by atoms with van der Waals surface area (Å²) in [4.78, 5) is 27.5. The van der Waals surface area contributed by atoms with Gasteiger partial charge in [0.25, 0.3) is 5.91 Å². The lowest BCUT2D eigenvalue weighted by Crippen LogP contribution is -2.36. The SMILES string of the molecule is Cn1cc(N(C(=O)c2cc3c(cc2Cl)nc(N)c2cncn23)[C@@H]2COc3nc(C(F)(F)F)ccc32)cn1. The molecule has 1 aliphatic heterocycles. The second kappa shape index (κ2) is 8.06. The van der Waals surface area contributed by atoms with E-state index in [2.05, 4.69) is 20.1 Å². The van der Waals surface area contributed by atoms with Crippen molar-refractivity contribution in [1.29, 1.82) is 0 Å². The van der Waals surface area contributed by atoms with Gasteiger partial charge in [-0.3, -0.25) is 18.8 Å². The van der Waals surface area contributed by atoms with Gasteiger partial charge in [-0.15, -0.1) is 0 Å². The van der Waals surface area contributed by atoms with E-state index in [1.807, 2.05) is 0 Å². The second-order valence-corrected chi connectivity index (χ2v) is 8.84. The van der Waals surface area contributed by atoms with Crippen molar-refractivity contribution in [3.05, 3.63) is 71.0 Å². The average molecular weight is 529 g/mol. The van der Waals surface area contributed by atoms with Crippen LogP contribution in [-0.2, 0) is 13.2 Å². The number of nitrogen functional groups attached to an aromatic ring is 1. The summed E-state index contributed by atoms with van der Waals surface area (Å²) in [6.07, 6.45) is 1.54. The third kappa shape index (κ3) is 3.69. The van der Waals surface area contributed by atoms with Gasteiger partial charge < -0.3 is 10.5 Å². The molecule has 1 amide bonds. The van der Waals surface area contributed by atoms with Crippen molar-refractivity contribution in [2.75, 3.05) is 17.2 Å². The van der Waals surface area contributed by atoms with Crippen molar-refractivity contribution in [2.24, 2.45) is 7.05 Å². The number of carbonyl (C=O) groups is 1. The molecule has 0 fully saturated rings. The van der Waals surface area contributed by atoms with Crippen LogP contribution in [0.1, 0.15) is 27.7 Å². The fourth-order valence-electron chi connectivity index (χ4n) is 4.40. The number of hydrogen-bond donors (Lipinski definition) is 1. The Balaban J connectivity index is 1.49. The number of aryl methyl sites for hydroxylation is 1. The minimum absolute atomic E-state index is 0.112. The average Bonchev–Trinajstić information content (AvgIpc) is 3.59. The summed E-state index contributed by atoms with van der Waals surface area (Å²) in [5.74, 6) is -0.458. The summed E-state index contributed by atoms with van der Waals surface area (Å²) < 4.78 is 48.3. The molecular weight excluding hydrogens is 513 g/mol. The Bertz CT molecular complexity index is 1710. The number of nitrogens with zero attached hydrogens (tertiary/aromatic N) is 7. The van der Waals surface area contributed by atoms with E-state index in [1.165, 1.54) is 27.9 Å². The van der Waals surface area contributed by atoms with E-state index in [-0.39, 0.29) is 28.9 Å². The van der Waals surface area contributed by atoms with Gasteiger partial charge in [0.1, 0.15) is 29.7 Å². The van der Waals surface area contributed by atoms with E-state index in [0.717, 1.165) is 6.07 Å². The number of aromatic nitrogens is 6. The van der Waals surface area contributed by atoms with Crippen LogP contribution in [-0.4, -0.2) is 41.6 Å². The molecule has 0 spiro atoms. The van der Waals surface area contributed by atoms with Gasteiger partial charge in [0.15, 0.2) is 0 Å². The highest BCUT2D eigenvalue weighted by Crippen LogP contribution is 2.41. The maximum absolute atomic E-state index is 14.1. The predicted molar refractivity (Wildman–Crippen MR) is 127 cm³/mol. The van der Waals surface area contributed by atoms with E-state index in [0.29, 0.717) is 27.8 Å². The number of fused-ring (bicyclic) bond motifs is 4. The first kappa shape index (κ1) is 23.0. The predicted octanol–water partition coefficient (Wildman–Crippen LogP) is 4.05. The van der Waals surface area contributed by atoms with Gasteiger partial charge in [-0.25, -0.2) is 15.0 Å². The van der Waals surface area contributed by atoms with Gasteiger partial charge in [0.2, 0.25) is 5.88 Å². The van der Waals surface area contributed by atoms with Crippen LogP contribution in [0.5, 0.6) is 5.88 Å². The zero-order chi connectivity index (χ0) is 26.1. The van der Waals surface area contributed by atoms with Crippen LogP contribution in [0, 0.1) is 0 Å². The summed E-state index contributed by atoms with van der Waals surface area (Å²) in [7, 11) is 1.68. The number of carbonyl (C=O) groups excluding carboxylic acids is 1. The first-order chi connectivity index (χ1) is 17.6. The number of pyridine rings is 1. The molecule has 37 heavy (non-hydrogen) atoms. The molecule has 2 N–H and O–H groups in total. The monoisotopic (exact) mass is 528 g/mol. The van der Waals surface area contributed by atoms with Gasteiger partial charge >= 0.3 is 6.18 Å². The molecule has 1 atom stereocenters. The summed E-state index contributed by atoms with van der Waals surface area (Å²) in [6, 6.07) is 4.44. The van der Waals surface area contributed by atoms with E-state index in [1.54, 1.807) is 36.2 Å². The number of amides is 1. The van der Waals surface area contributed by atoms with Gasteiger partial charge in [0.05, 0.1) is 46.0 Å². The van der Waals surface area contributed by atoms with Crippen LogP contribution in [0.2, 0.25) is 5.02 Å². The van der Waals surface area contributed by atoms with Crippen LogP contribution in [0.25, 0.3) is 16.6 Å². The molecule has 0 unspecified atom stereocenters. The molecule has 1 aromatic carbocycles. The summed E-state index contributed by atoms with van der Waals surface area (Å²) in [5, 5.41) is 4.27. The molecule has 0 aliphatic carbocycles. The number of rotatable bonds is 3. The van der Waals surface area contributed by atoms with E-state index < -0.39 is 23.8 Å². The first-order valence-corrected chi connectivity index (χ1v) is 11.2. The summed E-state index contributed by atoms with van der Waals surface area (Å²) >= 11 is 6.55. The lowest BCUT2D eigenvalue weighted by Gasteiger charge is -2.27. The lowest BCUT2D eigenvalue weighted by atomic mass is 10.1. The third-order valence-corrected chi connectivity index (χ3v) is 6.43. The Morgan fingerprint density at radius 3 is 2.76 bits per heavy atom. The number of anilines is 2. The van der Waals surface area contributed by atoms with Crippen molar-refractivity contribution in [2.45, 2.75) is 12.2 Å². The van der Waals surface area contributed by atoms with E-state index >= 15 is 0 Å². The molecule has 188 valence electrons. The van der Waals surface area contributed by atoms with E-state index in [9.17, 15) is 18.0 Å². The zero-order valence-corrected chi connectivity index (χ0v) is 19.7. The minimum Gasteiger partial charge on any atom is -0.475 e. The fraction of sp³-hybridized carbons (Fsp3) is 0.174. The van der Waals surface area contributed by atoms with Crippen LogP contribution in [0.4, 0.5) is 24.7 Å². The fourth-order valence-corrected chi connectivity index (χ4v) is 4.64. The smallest absolute Gasteiger partial charge is 0.433 e. The van der Waals surface area contributed by atoms with Crippen LogP contribution in [0.15, 0.2) is 49.2 Å². The molecule has 0 radical (unpaired) electrons. The molecular formula is C23H16ClF3N8O2. The Kier molecular flexibility index (Phi) is 5.02. The molecule has 5 heterocycles. The topological polar surface area (TPSA) is 116 Å². The number of ether oxygens (including phenoxy) is 1. The zero-order valence-electron chi connectivity index (χ0n) is 18.9. The molecule has 1 aliphatic rings. The molecule has 0 bridgehead atoms. The Morgan fingerprint density at radius 1 is 1.22 bits per heavy atom. The van der Waals surface area contributed by atoms with Crippen molar-refractivity contribution < 1.29 is 22.7 Å². The molecule has 5 aromatic rings. The molecule has 4 aromatic heterocycles. The number of nitrogens with two attached hydrogens (primary N) is 1. The highest BCUT2D eigenvalue weighted by Gasteiger charge is 2.39. The van der Waals surface area contributed by atoms with Crippen molar-refractivity contribution in [1.82, 2.24) is 29.1 Å². The third-order valence-electron chi connectivity index (χ3n) is 6.11. The Hall–Kier alpha value is -4.39. The molecule has 6 rings (SSSR count). The van der Waals surface area contributed by atoms with Crippen molar-refractivity contribution in [3.8, 4) is 5.88 Å². The van der Waals surface area contributed by atoms with Crippen LogP contribution >= 0.6 is 11.6 Å². The second-order valence-electron chi connectivity index (χ2n) is 8.43. The maximum atomic E-state index is 14.1. The quantitative estimate of drug-likeness (QED) is 0.375. The van der Waals surface area contributed by atoms with Crippen LogP contribution in [0.3, 0.4) is 0 Å². The van der Waals surface area contributed by atoms with Gasteiger partial charge in [-0.05, 0) is 24.3 Å². The molecule has 14 heteroatoms. The number of halogens is 4. The van der Waals surface area contributed by atoms with Crippen LogP contribution < -0.4 is 15.4 Å². The normalized spacial score (nSPS) is 15.2. The molecule has 10 nitrogen and oxygen atoms in total. The largest absolute Gasteiger partial charge is 0.475 e.